The minimum Gasteiger partial charge on any atom is -0.494 e. The van der Waals surface area contributed by atoms with Gasteiger partial charge in [-0.05, 0) is 49.4 Å². The highest BCUT2D eigenvalue weighted by atomic mass is 16.5. The first-order chi connectivity index (χ1) is 14.4. The van der Waals surface area contributed by atoms with Crippen molar-refractivity contribution in [1.29, 1.82) is 0 Å². The van der Waals surface area contributed by atoms with Crippen LogP contribution >= 0.6 is 0 Å². The molecule has 0 heterocycles. The van der Waals surface area contributed by atoms with E-state index in [0.717, 1.165) is 16.9 Å². The van der Waals surface area contributed by atoms with Crippen LogP contribution < -0.4 is 10.1 Å². The van der Waals surface area contributed by atoms with E-state index in [1.54, 1.807) is 11.8 Å². The molecule has 5 nitrogen and oxygen atoms in total. The molecule has 30 heavy (non-hydrogen) atoms. The number of hydrogen-bond acceptors (Lipinski definition) is 3. The van der Waals surface area contributed by atoms with Crippen LogP contribution in [-0.2, 0) is 16.1 Å². The average molecular weight is 411 g/mol. The maximum absolute atomic E-state index is 13.0. The quantitative estimate of drug-likeness (QED) is 0.561. The summed E-state index contributed by atoms with van der Waals surface area (Å²) in [4.78, 5) is 27.4. The summed E-state index contributed by atoms with van der Waals surface area (Å²) in [7, 11) is 0. The van der Waals surface area contributed by atoms with Crippen LogP contribution in [-0.4, -0.2) is 35.9 Å². The molecule has 1 atom stereocenters. The molecule has 0 aliphatic heterocycles. The smallest absolute Gasteiger partial charge is 0.242 e. The van der Waals surface area contributed by atoms with E-state index in [0.29, 0.717) is 38.5 Å². The van der Waals surface area contributed by atoms with Gasteiger partial charge < -0.3 is 15.0 Å². The molecular weight excluding hydrogens is 376 g/mol. The highest BCUT2D eigenvalue weighted by Gasteiger charge is 2.26. The number of carbonyl (C=O) groups is 2. The number of nitrogens with one attached hydrogen (secondary N) is 1. The second kappa shape index (κ2) is 12.0. The molecule has 2 rings (SSSR count). The zero-order chi connectivity index (χ0) is 21.9. The number of hydrogen-bond donors (Lipinski definition) is 1. The molecule has 0 aliphatic rings. The summed E-state index contributed by atoms with van der Waals surface area (Å²) in [6.45, 7) is 9.40. The Hall–Kier alpha value is -2.82. The van der Waals surface area contributed by atoms with Crippen LogP contribution in [0.1, 0.15) is 44.7 Å². The Morgan fingerprint density at radius 1 is 1.00 bits per heavy atom. The highest BCUT2D eigenvalue weighted by Crippen LogP contribution is 2.16. The minimum absolute atomic E-state index is 0.0397. The normalized spacial score (nSPS) is 11.8. The van der Waals surface area contributed by atoms with E-state index in [-0.39, 0.29) is 11.8 Å². The molecule has 1 N–H and O–H groups in total. The van der Waals surface area contributed by atoms with E-state index in [1.807, 2.05) is 75.4 Å². The number of carbonyl (C=O) groups excluding carboxylic acids is 2. The van der Waals surface area contributed by atoms with Gasteiger partial charge in [-0.25, -0.2) is 0 Å². The first-order valence-electron chi connectivity index (χ1n) is 10.7. The van der Waals surface area contributed by atoms with Crippen molar-refractivity contribution in [3.63, 3.8) is 0 Å². The molecule has 0 unspecified atom stereocenters. The van der Waals surface area contributed by atoms with Gasteiger partial charge in [0.05, 0.1) is 6.61 Å². The monoisotopic (exact) mass is 410 g/mol. The van der Waals surface area contributed by atoms with E-state index in [4.69, 9.17) is 4.74 Å². The minimum atomic E-state index is -0.536. The summed E-state index contributed by atoms with van der Waals surface area (Å²) in [5.41, 5.74) is 2.16. The van der Waals surface area contributed by atoms with Crippen molar-refractivity contribution in [1.82, 2.24) is 10.2 Å². The number of ether oxygens (including phenoxy) is 1. The molecule has 0 fully saturated rings. The van der Waals surface area contributed by atoms with Crippen LogP contribution in [0.3, 0.4) is 0 Å². The third-order valence-electron chi connectivity index (χ3n) is 5.00. The van der Waals surface area contributed by atoms with E-state index >= 15 is 0 Å². The van der Waals surface area contributed by atoms with E-state index in [9.17, 15) is 9.59 Å². The van der Waals surface area contributed by atoms with Gasteiger partial charge >= 0.3 is 0 Å². The Kier molecular flexibility index (Phi) is 9.39. The topological polar surface area (TPSA) is 58.6 Å². The second-order valence-corrected chi connectivity index (χ2v) is 8.03. The highest BCUT2D eigenvalue weighted by molar-refractivity contribution is 5.87. The Bertz CT molecular complexity index is 805. The molecule has 0 radical (unpaired) electrons. The summed E-state index contributed by atoms with van der Waals surface area (Å²) in [6, 6.07) is 17.0. The van der Waals surface area contributed by atoms with Crippen LogP contribution in [0, 0.1) is 12.8 Å². The standard InChI is InChI=1S/C25H34N2O3/c1-19(2)17-26-25(29)21(4)27(18-22-12-9-8-11-20(22)3)24(28)15-10-16-30-23-13-6-5-7-14-23/h5-9,11-14,19,21H,10,15-18H2,1-4H3,(H,26,29)/t21-/m1/s1. The van der Waals surface area contributed by atoms with Crippen molar-refractivity contribution in [2.75, 3.05) is 13.2 Å². The predicted octanol–water partition coefficient (Wildman–Crippen LogP) is 4.34. The van der Waals surface area contributed by atoms with Crippen LogP contribution in [0.4, 0.5) is 0 Å². The van der Waals surface area contributed by atoms with Crippen molar-refractivity contribution in [3.8, 4) is 5.75 Å². The fourth-order valence-electron chi connectivity index (χ4n) is 3.08. The molecule has 0 saturated heterocycles. The summed E-state index contributed by atoms with van der Waals surface area (Å²) in [5, 5.41) is 2.95. The Morgan fingerprint density at radius 3 is 2.33 bits per heavy atom. The molecule has 0 spiro atoms. The van der Waals surface area contributed by atoms with Gasteiger partial charge in [0.2, 0.25) is 11.8 Å². The number of aryl methyl sites for hydroxylation is 1. The zero-order valence-electron chi connectivity index (χ0n) is 18.6. The van der Waals surface area contributed by atoms with Crippen LogP contribution in [0.5, 0.6) is 5.75 Å². The lowest BCUT2D eigenvalue weighted by molar-refractivity contribution is -0.140. The third kappa shape index (κ3) is 7.54. The Labute approximate surface area is 180 Å². The molecule has 2 aromatic carbocycles. The van der Waals surface area contributed by atoms with Gasteiger partial charge in [0, 0.05) is 19.5 Å². The fraction of sp³-hybridized carbons (Fsp3) is 0.440. The van der Waals surface area contributed by atoms with Gasteiger partial charge in [0.1, 0.15) is 11.8 Å². The van der Waals surface area contributed by atoms with Crippen molar-refractivity contribution in [3.05, 3.63) is 65.7 Å². The van der Waals surface area contributed by atoms with Gasteiger partial charge in [-0.15, -0.1) is 0 Å². The third-order valence-corrected chi connectivity index (χ3v) is 5.00. The van der Waals surface area contributed by atoms with Gasteiger partial charge in [0.25, 0.3) is 0 Å². The molecule has 0 aliphatic carbocycles. The number of para-hydroxylation sites is 1. The Morgan fingerprint density at radius 2 is 1.67 bits per heavy atom. The number of rotatable bonds is 11. The Balaban J connectivity index is 2.00. The van der Waals surface area contributed by atoms with Crippen LogP contribution in [0.15, 0.2) is 54.6 Å². The lowest BCUT2D eigenvalue weighted by atomic mass is 10.1. The van der Waals surface area contributed by atoms with E-state index in [1.165, 1.54) is 0 Å². The van der Waals surface area contributed by atoms with Gasteiger partial charge in [-0.3, -0.25) is 9.59 Å². The van der Waals surface area contributed by atoms with E-state index < -0.39 is 6.04 Å². The zero-order valence-corrected chi connectivity index (χ0v) is 18.6. The molecule has 5 heteroatoms. The predicted molar refractivity (Wildman–Crippen MR) is 120 cm³/mol. The van der Waals surface area contributed by atoms with Crippen molar-refractivity contribution in [2.24, 2.45) is 5.92 Å². The average Bonchev–Trinajstić information content (AvgIpc) is 2.74. The second-order valence-electron chi connectivity index (χ2n) is 8.03. The number of benzene rings is 2. The lowest BCUT2D eigenvalue weighted by Crippen LogP contribution is -2.48. The lowest BCUT2D eigenvalue weighted by Gasteiger charge is -2.29. The summed E-state index contributed by atoms with van der Waals surface area (Å²) in [5.74, 6) is 0.994. The van der Waals surface area contributed by atoms with Crippen LogP contribution in [0.2, 0.25) is 0 Å². The molecule has 2 aromatic rings. The van der Waals surface area contributed by atoms with Crippen molar-refractivity contribution >= 4 is 11.8 Å². The first-order valence-corrected chi connectivity index (χ1v) is 10.7. The van der Waals surface area contributed by atoms with Gasteiger partial charge in [-0.1, -0.05) is 56.3 Å². The maximum Gasteiger partial charge on any atom is 0.242 e. The molecule has 0 bridgehead atoms. The summed E-state index contributed by atoms with van der Waals surface area (Å²) >= 11 is 0. The maximum atomic E-state index is 13.0. The van der Waals surface area contributed by atoms with Crippen LogP contribution in [0.25, 0.3) is 0 Å². The van der Waals surface area contributed by atoms with Gasteiger partial charge in [-0.2, -0.15) is 0 Å². The summed E-state index contributed by atoms with van der Waals surface area (Å²) < 4.78 is 5.70. The van der Waals surface area contributed by atoms with Crippen molar-refractivity contribution in [2.45, 2.75) is 53.1 Å². The number of nitrogens with zero attached hydrogens (tertiary/aromatic N) is 1. The SMILES string of the molecule is Cc1ccccc1CN(C(=O)CCCOc1ccccc1)[C@H](C)C(=O)NCC(C)C. The van der Waals surface area contributed by atoms with Gasteiger partial charge in [0.15, 0.2) is 0 Å². The molecule has 0 aromatic heterocycles. The molecule has 0 saturated carbocycles. The van der Waals surface area contributed by atoms with Crippen molar-refractivity contribution < 1.29 is 14.3 Å². The molecular formula is C25H34N2O3. The summed E-state index contributed by atoms with van der Waals surface area (Å²) in [6.07, 6.45) is 0.929. The van der Waals surface area contributed by atoms with E-state index in [2.05, 4.69) is 5.32 Å². The first kappa shape index (κ1) is 23.5. The fourth-order valence-corrected chi connectivity index (χ4v) is 3.08. The number of amides is 2. The largest absolute Gasteiger partial charge is 0.494 e. The molecule has 162 valence electrons. The molecule has 2 amide bonds.